The van der Waals surface area contributed by atoms with Crippen LogP contribution in [0.15, 0.2) is 18.2 Å². The maximum atomic E-state index is 10.5. The van der Waals surface area contributed by atoms with Crippen molar-refractivity contribution in [1.82, 2.24) is 0 Å². The number of phenols is 1. The fraction of sp³-hybridized carbons (Fsp3) is 0.619. The zero-order valence-corrected chi connectivity index (χ0v) is 15.4. The molecule has 0 spiro atoms. The summed E-state index contributed by atoms with van der Waals surface area (Å²) in [6, 6.07) is 4.02. The first-order valence-electron chi connectivity index (χ1n) is 8.85. The van der Waals surface area contributed by atoms with Crippen LogP contribution in [0.3, 0.4) is 0 Å². The Hall–Kier alpha value is -1.44. The van der Waals surface area contributed by atoms with Gasteiger partial charge in [0.25, 0.3) is 0 Å². The van der Waals surface area contributed by atoms with Gasteiger partial charge in [-0.15, -0.1) is 0 Å². The molecule has 0 aliphatic heterocycles. The van der Waals surface area contributed by atoms with Crippen LogP contribution < -0.4 is 0 Å². The second-order valence-electron chi connectivity index (χ2n) is 8.55. The highest BCUT2D eigenvalue weighted by Crippen LogP contribution is 2.58. The van der Waals surface area contributed by atoms with Crippen LogP contribution in [-0.2, 0) is 10.2 Å². The Morgan fingerprint density at radius 1 is 1.17 bits per heavy atom. The molecule has 1 N–H and O–H groups in total. The number of aromatic hydroxyl groups is 1. The van der Waals surface area contributed by atoms with Crippen molar-refractivity contribution in [2.24, 2.45) is 11.3 Å². The van der Waals surface area contributed by atoms with Crippen molar-refractivity contribution in [2.75, 3.05) is 7.11 Å². The van der Waals surface area contributed by atoms with E-state index in [4.69, 9.17) is 4.74 Å². The summed E-state index contributed by atoms with van der Waals surface area (Å²) >= 11 is 0. The molecular formula is C21H30O2. The molecule has 2 unspecified atom stereocenters. The summed E-state index contributed by atoms with van der Waals surface area (Å²) in [5.41, 5.74) is 3.91. The summed E-state index contributed by atoms with van der Waals surface area (Å²) in [5, 5.41) is 10.5. The van der Waals surface area contributed by atoms with Crippen LogP contribution in [0, 0.1) is 11.3 Å². The lowest BCUT2D eigenvalue weighted by Gasteiger charge is -2.53. The summed E-state index contributed by atoms with van der Waals surface area (Å²) in [6.07, 6.45) is 6.05. The van der Waals surface area contributed by atoms with Gasteiger partial charge in [0, 0.05) is 16.5 Å². The van der Waals surface area contributed by atoms with Crippen LogP contribution in [-0.4, -0.2) is 12.2 Å². The van der Waals surface area contributed by atoms with E-state index < -0.39 is 0 Å². The largest absolute Gasteiger partial charge is 0.508 e. The smallest absolute Gasteiger partial charge is 0.123 e. The molecule has 3 rings (SSSR count). The van der Waals surface area contributed by atoms with Crippen molar-refractivity contribution >= 4 is 5.76 Å². The predicted molar refractivity (Wildman–Crippen MR) is 95.7 cm³/mol. The fourth-order valence-corrected chi connectivity index (χ4v) is 5.14. The fourth-order valence-electron chi connectivity index (χ4n) is 5.14. The third kappa shape index (κ3) is 2.29. The Kier molecular flexibility index (Phi) is 3.78. The minimum Gasteiger partial charge on any atom is -0.508 e. The molecule has 2 heteroatoms. The van der Waals surface area contributed by atoms with Crippen LogP contribution in [0.1, 0.15) is 76.5 Å². The monoisotopic (exact) mass is 314 g/mol. The number of rotatable bonds is 2. The van der Waals surface area contributed by atoms with Crippen molar-refractivity contribution < 1.29 is 9.84 Å². The molecule has 0 radical (unpaired) electrons. The Morgan fingerprint density at radius 2 is 1.87 bits per heavy atom. The van der Waals surface area contributed by atoms with Gasteiger partial charge in [-0.1, -0.05) is 47.1 Å². The molecule has 1 saturated carbocycles. The van der Waals surface area contributed by atoms with E-state index in [1.54, 1.807) is 7.11 Å². The predicted octanol–water partition coefficient (Wildman–Crippen LogP) is 5.60. The molecule has 23 heavy (non-hydrogen) atoms. The lowest BCUT2D eigenvalue weighted by atomic mass is 9.51. The first-order chi connectivity index (χ1) is 10.7. The van der Waals surface area contributed by atoms with Gasteiger partial charge in [-0.25, -0.2) is 0 Å². The zero-order chi connectivity index (χ0) is 17.0. The van der Waals surface area contributed by atoms with Gasteiger partial charge in [0.15, 0.2) is 0 Å². The van der Waals surface area contributed by atoms with Crippen LogP contribution in [0.2, 0.25) is 0 Å². The van der Waals surface area contributed by atoms with Crippen LogP contribution >= 0.6 is 0 Å². The van der Waals surface area contributed by atoms with Gasteiger partial charge in [0.1, 0.15) is 11.5 Å². The number of hydrogen-bond acceptors (Lipinski definition) is 2. The lowest BCUT2D eigenvalue weighted by Crippen LogP contribution is -2.46. The molecular weight excluding hydrogens is 284 g/mol. The Labute approximate surface area is 140 Å². The molecule has 1 aromatic carbocycles. The van der Waals surface area contributed by atoms with Gasteiger partial charge in [-0.2, -0.15) is 0 Å². The van der Waals surface area contributed by atoms with E-state index in [-0.39, 0.29) is 16.7 Å². The molecule has 2 aliphatic carbocycles. The van der Waals surface area contributed by atoms with E-state index in [0.717, 1.165) is 16.9 Å². The molecule has 1 aromatic rings. The molecule has 0 amide bonds. The molecule has 2 nitrogen and oxygen atoms in total. The van der Waals surface area contributed by atoms with E-state index in [1.165, 1.54) is 24.8 Å². The highest BCUT2D eigenvalue weighted by atomic mass is 16.5. The number of hydrogen-bond donors (Lipinski definition) is 1. The topological polar surface area (TPSA) is 29.5 Å². The average Bonchev–Trinajstić information content (AvgIpc) is 2.45. The summed E-state index contributed by atoms with van der Waals surface area (Å²) < 4.78 is 5.80. The zero-order valence-electron chi connectivity index (χ0n) is 15.4. The molecule has 1 fully saturated rings. The Morgan fingerprint density at radius 3 is 2.48 bits per heavy atom. The van der Waals surface area contributed by atoms with Crippen LogP contribution in [0.5, 0.6) is 5.75 Å². The highest BCUT2D eigenvalue weighted by Gasteiger charge is 2.50. The minimum absolute atomic E-state index is 0.121. The van der Waals surface area contributed by atoms with Gasteiger partial charge in [0.2, 0.25) is 0 Å². The van der Waals surface area contributed by atoms with Crippen molar-refractivity contribution in [3.05, 3.63) is 34.9 Å². The maximum Gasteiger partial charge on any atom is 0.123 e. The second kappa shape index (κ2) is 5.29. The number of allylic oxidation sites excluding steroid dienone is 1. The Bertz CT molecular complexity index is 654. The molecule has 0 bridgehead atoms. The van der Waals surface area contributed by atoms with Crippen molar-refractivity contribution in [3.8, 4) is 5.75 Å². The molecule has 0 aromatic heterocycles. The van der Waals surface area contributed by atoms with E-state index in [1.807, 2.05) is 6.07 Å². The molecule has 0 heterocycles. The van der Waals surface area contributed by atoms with Gasteiger partial charge in [-0.3, -0.25) is 0 Å². The molecule has 2 atom stereocenters. The van der Waals surface area contributed by atoms with Crippen molar-refractivity contribution in [2.45, 2.75) is 65.2 Å². The number of benzene rings is 1. The lowest BCUT2D eigenvalue weighted by molar-refractivity contribution is 0.0874. The first-order valence-corrected chi connectivity index (χ1v) is 8.85. The minimum atomic E-state index is 0.121. The summed E-state index contributed by atoms with van der Waals surface area (Å²) in [7, 11) is 1.75. The van der Waals surface area contributed by atoms with Crippen LogP contribution in [0.4, 0.5) is 0 Å². The number of fused-ring (bicyclic) bond motifs is 3. The SMILES string of the molecule is COC1=CC2C(C)(C)CCCC2(C)c2ccc(O)c(C(C)C)c21. The van der Waals surface area contributed by atoms with Gasteiger partial charge in [0.05, 0.1) is 7.11 Å². The quantitative estimate of drug-likeness (QED) is 0.770. The summed E-state index contributed by atoms with van der Waals surface area (Å²) in [5.74, 6) is 2.06. The maximum absolute atomic E-state index is 10.5. The standard InChI is InChI=1S/C21H30O2/c1-13(2)18-15(22)9-8-14-19(18)16(23-6)12-17-20(3,4)10-7-11-21(14,17)5/h8-9,12-13,17,22H,7,10-11H2,1-6H3. The highest BCUT2D eigenvalue weighted by molar-refractivity contribution is 5.73. The Balaban J connectivity index is 2.31. The second-order valence-corrected chi connectivity index (χ2v) is 8.55. The van der Waals surface area contributed by atoms with E-state index >= 15 is 0 Å². The van der Waals surface area contributed by atoms with Crippen LogP contribution in [0.25, 0.3) is 5.76 Å². The number of phenolic OH excluding ortho intramolecular Hbond substituents is 1. The van der Waals surface area contributed by atoms with E-state index in [9.17, 15) is 5.11 Å². The molecule has 0 saturated heterocycles. The third-order valence-corrected chi connectivity index (χ3v) is 6.25. The van der Waals surface area contributed by atoms with Gasteiger partial charge in [-0.05, 0) is 47.8 Å². The van der Waals surface area contributed by atoms with Gasteiger partial charge >= 0.3 is 0 Å². The van der Waals surface area contributed by atoms with Crippen molar-refractivity contribution in [1.29, 1.82) is 0 Å². The third-order valence-electron chi connectivity index (χ3n) is 6.25. The normalized spacial score (nSPS) is 28.8. The van der Waals surface area contributed by atoms with Gasteiger partial charge < -0.3 is 9.84 Å². The molecule has 126 valence electrons. The number of ether oxygens (including phenoxy) is 1. The average molecular weight is 314 g/mol. The summed E-state index contributed by atoms with van der Waals surface area (Å²) in [6.45, 7) is 11.5. The molecule has 2 aliphatic rings. The van der Waals surface area contributed by atoms with E-state index in [0.29, 0.717) is 11.7 Å². The van der Waals surface area contributed by atoms with E-state index in [2.05, 4.69) is 46.8 Å². The first kappa shape index (κ1) is 16.4. The van der Waals surface area contributed by atoms with Crippen molar-refractivity contribution in [3.63, 3.8) is 0 Å². The number of methoxy groups -OCH3 is 1. The summed E-state index contributed by atoms with van der Waals surface area (Å²) in [4.78, 5) is 0.